The number of benzene rings is 2. The van der Waals surface area contributed by atoms with Crippen molar-refractivity contribution in [2.45, 2.75) is 4.90 Å². The number of hydrogen-bond donors (Lipinski definition) is 0. The molecule has 6 heteroatoms. The van der Waals surface area contributed by atoms with Crippen LogP contribution >= 0.6 is 11.8 Å². The molecule has 0 aromatic heterocycles. The Bertz CT molecular complexity index is 728. The fraction of sp³-hybridized carbons (Fsp3) is 0.333. The monoisotopic (exact) mass is 345 g/mol. The quantitative estimate of drug-likeness (QED) is 0.615. The van der Waals surface area contributed by atoms with E-state index in [2.05, 4.69) is 6.07 Å². The summed E-state index contributed by atoms with van der Waals surface area (Å²) in [5.74, 6) is -0.355. The topological polar surface area (TPSA) is 55.8 Å². The Labute approximate surface area is 144 Å². The molecule has 1 heterocycles. The minimum absolute atomic E-state index is 0.164. The second-order valence-corrected chi connectivity index (χ2v) is 6.50. The van der Waals surface area contributed by atoms with Gasteiger partial charge in [-0.1, -0.05) is 30.3 Å². The number of morpholine rings is 1. The van der Waals surface area contributed by atoms with Crippen LogP contribution in [0.1, 0.15) is 0 Å². The lowest BCUT2D eigenvalue weighted by atomic mass is 10.1. The van der Waals surface area contributed by atoms with Gasteiger partial charge in [-0.2, -0.15) is 0 Å². The number of hydrogen-bond acceptors (Lipinski definition) is 5. The lowest BCUT2D eigenvalue weighted by Crippen LogP contribution is -2.42. The number of amides is 1. The summed E-state index contributed by atoms with van der Waals surface area (Å²) < 4.78 is 10.3. The van der Waals surface area contributed by atoms with E-state index in [1.807, 2.05) is 36.4 Å². The van der Waals surface area contributed by atoms with Crippen molar-refractivity contribution in [2.75, 3.05) is 38.7 Å². The van der Waals surface area contributed by atoms with Crippen molar-refractivity contribution in [3.05, 3.63) is 42.5 Å². The van der Waals surface area contributed by atoms with E-state index in [1.165, 1.54) is 17.1 Å². The molecule has 1 aliphatic rings. The third-order valence-electron chi connectivity index (χ3n) is 3.80. The smallest absolute Gasteiger partial charge is 0.316 e. The van der Waals surface area contributed by atoms with Gasteiger partial charge < -0.3 is 14.4 Å². The van der Waals surface area contributed by atoms with Gasteiger partial charge in [-0.25, -0.2) is 0 Å². The molecule has 24 heavy (non-hydrogen) atoms. The van der Waals surface area contributed by atoms with E-state index in [-0.39, 0.29) is 24.2 Å². The third kappa shape index (κ3) is 4.49. The lowest BCUT2D eigenvalue weighted by molar-refractivity contribution is -0.151. The van der Waals surface area contributed by atoms with Crippen LogP contribution in [-0.2, 0) is 19.1 Å². The zero-order chi connectivity index (χ0) is 16.8. The van der Waals surface area contributed by atoms with Gasteiger partial charge in [0.15, 0.2) is 6.61 Å². The number of rotatable bonds is 5. The summed E-state index contributed by atoms with van der Waals surface area (Å²) in [6, 6.07) is 14.1. The van der Waals surface area contributed by atoms with E-state index in [4.69, 9.17) is 9.47 Å². The Morgan fingerprint density at radius 3 is 2.62 bits per heavy atom. The second-order valence-electron chi connectivity index (χ2n) is 5.45. The van der Waals surface area contributed by atoms with Crippen molar-refractivity contribution >= 4 is 34.4 Å². The van der Waals surface area contributed by atoms with Gasteiger partial charge in [0.1, 0.15) is 0 Å². The van der Waals surface area contributed by atoms with Crippen LogP contribution in [0.2, 0.25) is 0 Å². The first kappa shape index (κ1) is 16.8. The first-order valence-corrected chi connectivity index (χ1v) is 8.84. The highest BCUT2D eigenvalue weighted by Gasteiger charge is 2.18. The highest BCUT2D eigenvalue weighted by molar-refractivity contribution is 8.00. The molecule has 2 aromatic rings. The van der Waals surface area contributed by atoms with E-state index < -0.39 is 0 Å². The number of carbonyl (C=O) groups excluding carboxylic acids is 2. The molecule has 126 valence electrons. The van der Waals surface area contributed by atoms with Crippen LogP contribution in [0.15, 0.2) is 47.4 Å². The molecule has 1 fully saturated rings. The maximum atomic E-state index is 11.9. The van der Waals surface area contributed by atoms with Gasteiger partial charge >= 0.3 is 5.97 Å². The number of thioether (sulfide) groups is 1. The molecule has 0 atom stereocenters. The maximum absolute atomic E-state index is 11.9. The van der Waals surface area contributed by atoms with Crippen LogP contribution in [0.4, 0.5) is 0 Å². The number of esters is 1. The van der Waals surface area contributed by atoms with Gasteiger partial charge in [-0.15, -0.1) is 11.8 Å². The third-order valence-corrected chi connectivity index (χ3v) is 4.77. The summed E-state index contributed by atoms with van der Waals surface area (Å²) in [5.41, 5.74) is 0. The van der Waals surface area contributed by atoms with E-state index in [0.717, 1.165) is 10.3 Å². The largest absolute Gasteiger partial charge is 0.455 e. The summed E-state index contributed by atoms with van der Waals surface area (Å²) in [7, 11) is 0. The molecule has 0 spiro atoms. The zero-order valence-electron chi connectivity index (χ0n) is 13.3. The van der Waals surface area contributed by atoms with Gasteiger partial charge in [-0.05, 0) is 22.9 Å². The standard InChI is InChI=1S/C18H19NO4S/c20-17(19-7-9-22-10-8-19)12-23-18(21)13-24-16-6-5-14-3-1-2-4-15(14)11-16/h1-6,11H,7-10,12-13H2. The predicted molar refractivity (Wildman–Crippen MR) is 93.0 cm³/mol. The highest BCUT2D eigenvalue weighted by Crippen LogP contribution is 2.23. The average molecular weight is 345 g/mol. The Balaban J connectivity index is 1.45. The van der Waals surface area contributed by atoms with Crippen LogP contribution in [0.3, 0.4) is 0 Å². The van der Waals surface area contributed by atoms with Crippen LogP contribution in [-0.4, -0.2) is 55.4 Å². The van der Waals surface area contributed by atoms with Crippen molar-refractivity contribution in [3.8, 4) is 0 Å². The molecule has 1 aliphatic heterocycles. The summed E-state index contributed by atoms with van der Waals surface area (Å²) in [5, 5.41) is 2.30. The molecule has 0 saturated carbocycles. The van der Waals surface area contributed by atoms with Crippen LogP contribution in [0.25, 0.3) is 10.8 Å². The molecular formula is C18H19NO4S. The maximum Gasteiger partial charge on any atom is 0.316 e. The van der Waals surface area contributed by atoms with Gasteiger partial charge in [0, 0.05) is 18.0 Å². The number of fused-ring (bicyclic) bond motifs is 1. The summed E-state index contributed by atoms with van der Waals surface area (Å²) >= 11 is 1.41. The minimum Gasteiger partial charge on any atom is -0.455 e. The Kier molecular flexibility index (Phi) is 5.72. The molecule has 0 N–H and O–H groups in total. The van der Waals surface area contributed by atoms with Crippen molar-refractivity contribution in [1.29, 1.82) is 0 Å². The average Bonchev–Trinajstić information content (AvgIpc) is 2.65. The normalized spacial score (nSPS) is 14.6. The van der Waals surface area contributed by atoms with Crippen LogP contribution < -0.4 is 0 Å². The van der Waals surface area contributed by atoms with E-state index in [1.54, 1.807) is 4.90 Å². The van der Waals surface area contributed by atoms with Gasteiger partial charge in [-0.3, -0.25) is 9.59 Å². The zero-order valence-corrected chi connectivity index (χ0v) is 14.1. The summed E-state index contributed by atoms with van der Waals surface area (Å²) in [6.45, 7) is 2.00. The van der Waals surface area contributed by atoms with Gasteiger partial charge in [0.05, 0.1) is 19.0 Å². The number of nitrogens with zero attached hydrogens (tertiary/aromatic N) is 1. The second kappa shape index (κ2) is 8.17. The first-order valence-electron chi connectivity index (χ1n) is 7.85. The van der Waals surface area contributed by atoms with Crippen LogP contribution in [0.5, 0.6) is 0 Å². The Hall–Kier alpha value is -2.05. The van der Waals surface area contributed by atoms with Gasteiger partial charge in [0.2, 0.25) is 0 Å². The molecule has 3 rings (SSSR count). The van der Waals surface area contributed by atoms with E-state index in [9.17, 15) is 9.59 Å². The molecule has 0 bridgehead atoms. The van der Waals surface area contributed by atoms with Gasteiger partial charge in [0.25, 0.3) is 5.91 Å². The van der Waals surface area contributed by atoms with Crippen molar-refractivity contribution in [2.24, 2.45) is 0 Å². The summed E-state index contributed by atoms with van der Waals surface area (Å²) in [6.07, 6.45) is 0. The van der Waals surface area contributed by atoms with Crippen molar-refractivity contribution in [3.63, 3.8) is 0 Å². The van der Waals surface area contributed by atoms with Crippen molar-refractivity contribution < 1.29 is 19.1 Å². The molecule has 0 radical (unpaired) electrons. The number of ether oxygens (including phenoxy) is 2. The predicted octanol–water partition coefficient (Wildman–Crippen LogP) is 2.33. The molecule has 2 aromatic carbocycles. The highest BCUT2D eigenvalue weighted by atomic mass is 32.2. The van der Waals surface area contributed by atoms with Crippen LogP contribution in [0, 0.1) is 0 Å². The minimum atomic E-state index is -0.380. The molecular weight excluding hydrogens is 326 g/mol. The SMILES string of the molecule is O=C(CSc1ccc2ccccc2c1)OCC(=O)N1CCOCC1. The molecule has 5 nitrogen and oxygen atoms in total. The fourth-order valence-electron chi connectivity index (χ4n) is 2.49. The first-order chi connectivity index (χ1) is 11.7. The Morgan fingerprint density at radius 2 is 1.83 bits per heavy atom. The number of carbonyl (C=O) groups is 2. The lowest BCUT2D eigenvalue weighted by Gasteiger charge is -2.26. The molecule has 0 unspecified atom stereocenters. The molecule has 0 aliphatic carbocycles. The fourth-order valence-corrected chi connectivity index (χ4v) is 3.23. The van der Waals surface area contributed by atoms with Crippen molar-refractivity contribution in [1.82, 2.24) is 4.90 Å². The molecule has 1 amide bonds. The summed E-state index contributed by atoms with van der Waals surface area (Å²) in [4.78, 5) is 26.4. The van der Waals surface area contributed by atoms with E-state index >= 15 is 0 Å². The Morgan fingerprint density at radius 1 is 1.08 bits per heavy atom. The van der Waals surface area contributed by atoms with E-state index in [0.29, 0.717) is 26.3 Å². The molecule has 1 saturated heterocycles.